The number of aromatic nitrogens is 1. The summed E-state index contributed by atoms with van der Waals surface area (Å²) in [7, 11) is 1.71. The Balaban J connectivity index is 2.10. The Morgan fingerprint density at radius 2 is 2.10 bits per heavy atom. The van der Waals surface area contributed by atoms with Crippen LogP contribution in [0.25, 0.3) is 0 Å². The van der Waals surface area contributed by atoms with Crippen LogP contribution in [0.15, 0.2) is 6.07 Å². The molecule has 1 aromatic rings. The van der Waals surface area contributed by atoms with E-state index in [0.717, 1.165) is 12.5 Å². The molecule has 0 bridgehead atoms. The van der Waals surface area contributed by atoms with E-state index in [2.05, 4.69) is 15.6 Å². The molecule has 5 nitrogen and oxygen atoms in total. The lowest BCUT2D eigenvalue weighted by Gasteiger charge is -2.30. The summed E-state index contributed by atoms with van der Waals surface area (Å²) in [5, 5.41) is 5.78. The molecule has 0 spiro atoms. The van der Waals surface area contributed by atoms with Crippen molar-refractivity contribution in [3.8, 4) is 0 Å². The molecule has 116 valence electrons. The lowest BCUT2D eigenvalue weighted by atomic mass is 10.1. The molecule has 2 heterocycles. The standard InChI is InChI=1S/C14H20F2N4O/c1-3-6-17-13-10(15)7-11(16)14(19-13)18-9-4-5-12(21)20(2)8-9/h7,9H,3-6,8H2,1-2H3,(H2,17,18,19). The van der Waals surface area contributed by atoms with Crippen LogP contribution >= 0.6 is 0 Å². The first-order chi connectivity index (χ1) is 10.0. The summed E-state index contributed by atoms with van der Waals surface area (Å²) in [6.07, 6.45) is 1.84. The zero-order valence-electron chi connectivity index (χ0n) is 12.2. The number of pyridine rings is 1. The number of carbonyl (C=O) groups excluding carboxylic acids is 1. The third kappa shape index (κ3) is 3.80. The van der Waals surface area contributed by atoms with Gasteiger partial charge in [0.1, 0.15) is 0 Å². The second kappa shape index (κ2) is 6.69. The van der Waals surface area contributed by atoms with Gasteiger partial charge in [0.2, 0.25) is 5.91 Å². The van der Waals surface area contributed by atoms with Gasteiger partial charge in [0.15, 0.2) is 23.3 Å². The Labute approximate surface area is 122 Å². The number of piperidine rings is 1. The van der Waals surface area contributed by atoms with Crippen molar-refractivity contribution in [2.45, 2.75) is 32.2 Å². The second-order valence-electron chi connectivity index (χ2n) is 5.23. The van der Waals surface area contributed by atoms with Crippen LogP contribution in [0.3, 0.4) is 0 Å². The molecular weight excluding hydrogens is 278 g/mol. The molecule has 1 amide bonds. The summed E-state index contributed by atoms with van der Waals surface area (Å²) in [6.45, 7) is 2.99. The minimum absolute atomic E-state index is 0.0164. The van der Waals surface area contributed by atoms with Crippen LogP contribution in [0.2, 0.25) is 0 Å². The highest BCUT2D eigenvalue weighted by Crippen LogP contribution is 2.21. The molecule has 1 saturated heterocycles. The molecule has 2 N–H and O–H groups in total. The van der Waals surface area contributed by atoms with Crippen LogP contribution in [0.4, 0.5) is 20.4 Å². The molecule has 7 heteroatoms. The zero-order chi connectivity index (χ0) is 15.4. The number of amides is 1. The summed E-state index contributed by atoms with van der Waals surface area (Å²) in [6, 6.07) is 0.740. The number of halogens is 2. The monoisotopic (exact) mass is 298 g/mol. The molecule has 2 rings (SSSR count). The van der Waals surface area contributed by atoms with Crippen molar-refractivity contribution in [1.29, 1.82) is 0 Å². The van der Waals surface area contributed by atoms with Crippen molar-refractivity contribution in [3.63, 3.8) is 0 Å². The zero-order valence-corrected chi connectivity index (χ0v) is 12.2. The van der Waals surface area contributed by atoms with Gasteiger partial charge in [0.05, 0.1) is 0 Å². The van der Waals surface area contributed by atoms with Gasteiger partial charge in [-0.05, 0) is 12.8 Å². The van der Waals surface area contributed by atoms with Crippen LogP contribution in [0.1, 0.15) is 26.2 Å². The number of hydrogen-bond acceptors (Lipinski definition) is 4. The lowest BCUT2D eigenvalue weighted by molar-refractivity contribution is -0.132. The summed E-state index contributed by atoms with van der Waals surface area (Å²) >= 11 is 0. The highest BCUT2D eigenvalue weighted by Gasteiger charge is 2.24. The number of carbonyl (C=O) groups is 1. The van der Waals surface area contributed by atoms with Crippen LogP contribution < -0.4 is 10.6 Å². The van der Waals surface area contributed by atoms with Gasteiger partial charge in [0, 0.05) is 38.7 Å². The maximum absolute atomic E-state index is 13.8. The van der Waals surface area contributed by atoms with Crippen molar-refractivity contribution in [1.82, 2.24) is 9.88 Å². The number of likely N-dealkylation sites (N-methyl/N-ethyl adjacent to an activating group) is 1. The first-order valence-corrected chi connectivity index (χ1v) is 7.11. The van der Waals surface area contributed by atoms with Gasteiger partial charge in [-0.2, -0.15) is 0 Å². The van der Waals surface area contributed by atoms with E-state index in [0.29, 0.717) is 25.9 Å². The topological polar surface area (TPSA) is 57.3 Å². The number of nitrogens with one attached hydrogen (secondary N) is 2. The van der Waals surface area contributed by atoms with Gasteiger partial charge in [0.25, 0.3) is 0 Å². The van der Waals surface area contributed by atoms with E-state index in [1.807, 2.05) is 6.92 Å². The van der Waals surface area contributed by atoms with E-state index in [-0.39, 0.29) is 23.6 Å². The number of rotatable bonds is 5. The Morgan fingerprint density at radius 1 is 1.38 bits per heavy atom. The van der Waals surface area contributed by atoms with Crippen LogP contribution in [-0.4, -0.2) is 42.0 Å². The van der Waals surface area contributed by atoms with Crippen molar-refractivity contribution < 1.29 is 13.6 Å². The first-order valence-electron chi connectivity index (χ1n) is 7.11. The second-order valence-corrected chi connectivity index (χ2v) is 5.23. The van der Waals surface area contributed by atoms with Gasteiger partial charge in [-0.25, -0.2) is 13.8 Å². The van der Waals surface area contributed by atoms with Gasteiger partial charge < -0.3 is 15.5 Å². The fourth-order valence-electron chi connectivity index (χ4n) is 2.26. The molecule has 1 aliphatic rings. The first kappa shape index (κ1) is 15.5. The Hall–Kier alpha value is -1.92. The SMILES string of the molecule is CCCNc1nc(NC2CCC(=O)N(C)C2)c(F)cc1F. The molecule has 1 atom stereocenters. The highest BCUT2D eigenvalue weighted by atomic mass is 19.1. The van der Waals surface area contributed by atoms with E-state index in [1.165, 1.54) is 0 Å². The smallest absolute Gasteiger partial charge is 0.222 e. The molecular formula is C14H20F2N4O. The Morgan fingerprint density at radius 3 is 2.76 bits per heavy atom. The fraction of sp³-hybridized carbons (Fsp3) is 0.571. The number of anilines is 2. The third-order valence-corrected chi connectivity index (χ3v) is 3.44. The highest BCUT2D eigenvalue weighted by molar-refractivity contribution is 5.77. The molecule has 21 heavy (non-hydrogen) atoms. The molecule has 0 saturated carbocycles. The normalized spacial score (nSPS) is 18.8. The molecule has 0 radical (unpaired) electrons. The van der Waals surface area contributed by atoms with E-state index in [4.69, 9.17) is 0 Å². The van der Waals surface area contributed by atoms with Crippen LogP contribution in [0.5, 0.6) is 0 Å². The Kier molecular flexibility index (Phi) is 4.93. The van der Waals surface area contributed by atoms with Crippen molar-refractivity contribution in [2.24, 2.45) is 0 Å². The number of hydrogen-bond donors (Lipinski definition) is 2. The van der Waals surface area contributed by atoms with Crippen molar-refractivity contribution in [2.75, 3.05) is 30.8 Å². The maximum Gasteiger partial charge on any atom is 0.222 e. The minimum atomic E-state index is -0.728. The molecule has 1 fully saturated rings. The number of nitrogens with zero attached hydrogens (tertiary/aromatic N) is 2. The van der Waals surface area contributed by atoms with Crippen LogP contribution in [0, 0.1) is 11.6 Å². The van der Waals surface area contributed by atoms with Gasteiger partial charge in [-0.1, -0.05) is 6.92 Å². The fourth-order valence-corrected chi connectivity index (χ4v) is 2.26. The molecule has 1 aliphatic heterocycles. The van der Waals surface area contributed by atoms with Crippen LogP contribution in [-0.2, 0) is 4.79 Å². The van der Waals surface area contributed by atoms with E-state index < -0.39 is 11.6 Å². The summed E-state index contributed by atoms with van der Waals surface area (Å²) in [5.74, 6) is -1.30. The van der Waals surface area contributed by atoms with Crippen molar-refractivity contribution >= 4 is 17.5 Å². The number of likely N-dealkylation sites (tertiary alicyclic amines) is 1. The average molecular weight is 298 g/mol. The van der Waals surface area contributed by atoms with Gasteiger partial charge in [-0.15, -0.1) is 0 Å². The average Bonchev–Trinajstić information content (AvgIpc) is 2.44. The molecule has 0 aromatic carbocycles. The molecule has 0 aliphatic carbocycles. The lowest BCUT2D eigenvalue weighted by Crippen LogP contribution is -2.43. The molecule has 1 unspecified atom stereocenters. The molecule has 1 aromatic heterocycles. The van der Waals surface area contributed by atoms with Gasteiger partial charge >= 0.3 is 0 Å². The predicted molar refractivity (Wildman–Crippen MR) is 77.2 cm³/mol. The summed E-state index contributed by atoms with van der Waals surface area (Å²) < 4.78 is 27.4. The quantitative estimate of drug-likeness (QED) is 0.875. The van der Waals surface area contributed by atoms with E-state index in [1.54, 1.807) is 11.9 Å². The Bertz CT molecular complexity index is 524. The summed E-state index contributed by atoms with van der Waals surface area (Å²) in [5.41, 5.74) is 0. The van der Waals surface area contributed by atoms with E-state index >= 15 is 0 Å². The predicted octanol–water partition coefficient (Wildman–Crippen LogP) is 2.21. The maximum atomic E-state index is 13.8. The van der Waals surface area contributed by atoms with Crippen molar-refractivity contribution in [3.05, 3.63) is 17.7 Å². The minimum Gasteiger partial charge on any atom is -0.368 e. The third-order valence-electron chi connectivity index (χ3n) is 3.44. The van der Waals surface area contributed by atoms with Gasteiger partial charge in [-0.3, -0.25) is 4.79 Å². The summed E-state index contributed by atoms with van der Waals surface area (Å²) in [4.78, 5) is 17.0. The van der Waals surface area contributed by atoms with E-state index in [9.17, 15) is 13.6 Å². The largest absolute Gasteiger partial charge is 0.368 e.